The van der Waals surface area contributed by atoms with E-state index < -0.39 is 7.75 Å². The van der Waals surface area contributed by atoms with Gasteiger partial charge in [0.2, 0.25) is 0 Å². The Morgan fingerprint density at radius 1 is 1.29 bits per heavy atom. The summed E-state index contributed by atoms with van der Waals surface area (Å²) in [6, 6.07) is 0. The molecule has 86 valence electrons. The Morgan fingerprint density at radius 2 is 1.86 bits per heavy atom. The minimum absolute atomic E-state index is 0.0524. The predicted molar refractivity (Wildman–Crippen MR) is 58.1 cm³/mol. The molecule has 0 amide bonds. The number of hydrogen-bond acceptors (Lipinski definition) is 3. The first-order valence-electron chi connectivity index (χ1n) is 4.94. The molecule has 0 aromatic heterocycles. The van der Waals surface area contributed by atoms with Gasteiger partial charge < -0.3 is 0 Å². The van der Waals surface area contributed by atoms with Gasteiger partial charge in [-0.2, -0.15) is 0 Å². The van der Waals surface area contributed by atoms with E-state index in [2.05, 4.69) is 0 Å². The first-order chi connectivity index (χ1) is 6.27. The Bertz CT molecular complexity index is 201. The lowest BCUT2D eigenvalue weighted by atomic mass is 9.99. The summed E-state index contributed by atoms with van der Waals surface area (Å²) in [4.78, 5) is 0. The zero-order valence-electron chi connectivity index (χ0n) is 9.58. The molecular weight excluding hydrogens is 201 g/mol. The van der Waals surface area contributed by atoms with Crippen LogP contribution < -0.4 is 5.50 Å². The zero-order valence-corrected chi connectivity index (χ0v) is 10.5. The van der Waals surface area contributed by atoms with Crippen molar-refractivity contribution in [2.24, 2.45) is 10.9 Å². The lowest BCUT2D eigenvalue weighted by molar-refractivity contribution is 0.150. The lowest BCUT2D eigenvalue weighted by Crippen LogP contribution is -2.16. The van der Waals surface area contributed by atoms with E-state index in [1.54, 1.807) is 0 Å². The Morgan fingerprint density at radius 3 is 2.29 bits per heavy atom. The molecule has 0 aromatic rings. The van der Waals surface area contributed by atoms with Gasteiger partial charge in [-0.3, -0.25) is 9.05 Å². The quantitative estimate of drug-likeness (QED) is 0.555. The second-order valence-electron chi connectivity index (χ2n) is 4.56. The van der Waals surface area contributed by atoms with Gasteiger partial charge in [0, 0.05) is 0 Å². The highest BCUT2D eigenvalue weighted by Crippen LogP contribution is 2.40. The second kappa shape index (κ2) is 5.86. The molecule has 0 rings (SSSR count). The highest BCUT2D eigenvalue weighted by molar-refractivity contribution is 7.51. The zero-order chi connectivity index (χ0) is 11.2. The van der Waals surface area contributed by atoms with Gasteiger partial charge in [-0.15, -0.1) is 0 Å². The SMILES string of the molecule is CCCCOP(N)(=O)OCC(C)(C)C. The molecular formula is C9H22NO3P. The van der Waals surface area contributed by atoms with E-state index in [1.807, 2.05) is 27.7 Å². The van der Waals surface area contributed by atoms with Crippen LogP contribution in [0.4, 0.5) is 0 Å². The minimum Gasteiger partial charge on any atom is -0.297 e. The van der Waals surface area contributed by atoms with Crippen molar-refractivity contribution in [2.45, 2.75) is 40.5 Å². The topological polar surface area (TPSA) is 61.5 Å². The molecule has 0 aromatic carbocycles. The summed E-state index contributed by atoms with van der Waals surface area (Å²) in [5, 5.41) is 0. The first kappa shape index (κ1) is 14.1. The van der Waals surface area contributed by atoms with Gasteiger partial charge >= 0.3 is 7.75 Å². The normalized spacial score (nSPS) is 16.6. The van der Waals surface area contributed by atoms with Crippen LogP contribution in [0, 0.1) is 5.41 Å². The van der Waals surface area contributed by atoms with Crippen LogP contribution in [0.5, 0.6) is 0 Å². The summed E-state index contributed by atoms with van der Waals surface area (Å²) < 4.78 is 21.5. The number of unbranched alkanes of at least 4 members (excludes halogenated alkanes) is 1. The van der Waals surface area contributed by atoms with E-state index in [1.165, 1.54) is 0 Å². The third kappa shape index (κ3) is 8.70. The second-order valence-corrected chi connectivity index (χ2v) is 6.16. The molecule has 1 unspecified atom stereocenters. The molecule has 14 heavy (non-hydrogen) atoms. The van der Waals surface area contributed by atoms with Gasteiger partial charge in [0.1, 0.15) is 0 Å². The molecule has 0 aliphatic heterocycles. The molecule has 4 nitrogen and oxygen atoms in total. The van der Waals surface area contributed by atoms with Crippen molar-refractivity contribution in [3.8, 4) is 0 Å². The van der Waals surface area contributed by atoms with Crippen LogP contribution in [-0.4, -0.2) is 13.2 Å². The van der Waals surface area contributed by atoms with Crippen LogP contribution in [0.15, 0.2) is 0 Å². The molecule has 0 spiro atoms. The highest BCUT2D eigenvalue weighted by atomic mass is 31.2. The van der Waals surface area contributed by atoms with E-state index in [9.17, 15) is 4.57 Å². The van der Waals surface area contributed by atoms with Crippen LogP contribution in [0.3, 0.4) is 0 Å². The van der Waals surface area contributed by atoms with Crippen molar-refractivity contribution in [1.29, 1.82) is 0 Å². The molecule has 0 saturated heterocycles. The van der Waals surface area contributed by atoms with Gasteiger partial charge in [-0.05, 0) is 11.8 Å². The summed E-state index contributed by atoms with van der Waals surface area (Å²) in [6.45, 7) is 8.72. The van der Waals surface area contributed by atoms with E-state index in [0.29, 0.717) is 13.2 Å². The molecule has 0 fully saturated rings. The van der Waals surface area contributed by atoms with Crippen molar-refractivity contribution in [3.05, 3.63) is 0 Å². The molecule has 0 aliphatic rings. The average Bonchev–Trinajstić information content (AvgIpc) is 2.00. The molecule has 0 aliphatic carbocycles. The Labute approximate surface area is 86.7 Å². The van der Waals surface area contributed by atoms with E-state index >= 15 is 0 Å². The minimum atomic E-state index is -3.32. The van der Waals surface area contributed by atoms with Crippen LogP contribution in [0.25, 0.3) is 0 Å². The molecule has 0 heterocycles. The molecule has 0 saturated carbocycles. The van der Waals surface area contributed by atoms with Gasteiger partial charge in [0.05, 0.1) is 13.2 Å². The molecule has 2 N–H and O–H groups in total. The summed E-state index contributed by atoms with van der Waals surface area (Å²) in [6.07, 6.45) is 1.83. The van der Waals surface area contributed by atoms with E-state index in [4.69, 9.17) is 14.6 Å². The van der Waals surface area contributed by atoms with Crippen LogP contribution in [-0.2, 0) is 13.6 Å². The molecule has 0 bridgehead atoms. The van der Waals surface area contributed by atoms with Crippen LogP contribution >= 0.6 is 7.75 Å². The van der Waals surface area contributed by atoms with Gasteiger partial charge in [-0.1, -0.05) is 34.1 Å². The van der Waals surface area contributed by atoms with E-state index in [-0.39, 0.29) is 5.41 Å². The number of hydrogen-bond donors (Lipinski definition) is 1. The maximum Gasteiger partial charge on any atom is 0.402 e. The third-order valence-electron chi connectivity index (χ3n) is 1.45. The Kier molecular flexibility index (Phi) is 5.91. The molecule has 1 atom stereocenters. The Hall–Kier alpha value is 0.110. The fraction of sp³-hybridized carbons (Fsp3) is 1.00. The summed E-state index contributed by atoms with van der Waals surface area (Å²) >= 11 is 0. The van der Waals surface area contributed by atoms with Crippen molar-refractivity contribution in [1.82, 2.24) is 0 Å². The summed E-state index contributed by atoms with van der Waals surface area (Å²) in [7, 11) is -3.32. The van der Waals surface area contributed by atoms with Crippen molar-refractivity contribution in [2.75, 3.05) is 13.2 Å². The lowest BCUT2D eigenvalue weighted by Gasteiger charge is -2.21. The van der Waals surface area contributed by atoms with Gasteiger partial charge in [-0.25, -0.2) is 10.1 Å². The number of rotatable bonds is 6. The molecule has 0 radical (unpaired) electrons. The fourth-order valence-electron chi connectivity index (χ4n) is 0.657. The first-order valence-corrected chi connectivity index (χ1v) is 6.56. The van der Waals surface area contributed by atoms with Crippen LogP contribution in [0.2, 0.25) is 0 Å². The standard InChI is InChI=1S/C9H22NO3P/c1-5-6-7-12-14(10,11)13-8-9(2,3)4/h5-8H2,1-4H3,(H2,10,11). The predicted octanol–water partition coefficient (Wildman–Crippen LogP) is 2.93. The third-order valence-corrected chi connectivity index (χ3v) is 2.48. The van der Waals surface area contributed by atoms with Crippen molar-refractivity contribution < 1.29 is 13.6 Å². The fourth-order valence-corrected chi connectivity index (χ4v) is 1.68. The maximum absolute atomic E-state index is 11.5. The maximum atomic E-state index is 11.5. The smallest absolute Gasteiger partial charge is 0.297 e. The monoisotopic (exact) mass is 223 g/mol. The van der Waals surface area contributed by atoms with Gasteiger partial charge in [0.15, 0.2) is 0 Å². The van der Waals surface area contributed by atoms with Crippen LogP contribution in [0.1, 0.15) is 40.5 Å². The Balaban J connectivity index is 3.78. The van der Waals surface area contributed by atoms with Crippen molar-refractivity contribution >= 4 is 7.75 Å². The largest absolute Gasteiger partial charge is 0.402 e. The van der Waals surface area contributed by atoms with Gasteiger partial charge in [0.25, 0.3) is 0 Å². The molecule has 5 heteroatoms. The summed E-state index contributed by atoms with van der Waals surface area (Å²) in [5.74, 6) is 0. The van der Waals surface area contributed by atoms with E-state index in [0.717, 1.165) is 12.8 Å². The summed E-state index contributed by atoms with van der Waals surface area (Å²) in [5.41, 5.74) is 5.32. The average molecular weight is 223 g/mol. The van der Waals surface area contributed by atoms with Crippen molar-refractivity contribution in [3.63, 3.8) is 0 Å². The highest BCUT2D eigenvalue weighted by Gasteiger charge is 2.21. The number of nitrogens with two attached hydrogens (primary N) is 1.